The Bertz CT molecular complexity index is 568. The van der Waals surface area contributed by atoms with Crippen LogP contribution >= 0.6 is 0 Å². The highest BCUT2D eigenvalue weighted by molar-refractivity contribution is 5.88. The number of hydrogen-bond donors (Lipinski definition) is 1. The van der Waals surface area contributed by atoms with Crippen LogP contribution in [0.4, 0.5) is 0 Å². The first-order chi connectivity index (χ1) is 12.2. The van der Waals surface area contributed by atoms with E-state index in [1.54, 1.807) is 6.20 Å². The number of rotatable bonds is 7. The normalized spacial score (nSPS) is 22.1. The molecule has 0 bridgehead atoms. The molecule has 1 unspecified atom stereocenters. The molecule has 2 fully saturated rings. The maximum atomic E-state index is 12.8. The van der Waals surface area contributed by atoms with Gasteiger partial charge in [0.2, 0.25) is 11.8 Å². The lowest BCUT2D eigenvalue weighted by Crippen LogP contribution is -2.59. The van der Waals surface area contributed by atoms with E-state index in [1.807, 2.05) is 28.8 Å². The van der Waals surface area contributed by atoms with E-state index >= 15 is 0 Å². The number of likely N-dealkylation sites (N-methyl/N-ethyl adjacent to an activating group) is 1. The first kappa shape index (κ1) is 17.9. The van der Waals surface area contributed by atoms with Gasteiger partial charge in [-0.05, 0) is 25.8 Å². The van der Waals surface area contributed by atoms with Crippen LogP contribution in [0, 0.1) is 0 Å². The molecular weight excluding hydrogens is 318 g/mol. The third-order valence-electron chi connectivity index (χ3n) is 5.43. The summed E-state index contributed by atoms with van der Waals surface area (Å²) in [6, 6.07) is 2.02. The number of amides is 2. The Kier molecular flexibility index (Phi) is 6.07. The molecule has 2 amide bonds. The summed E-state index contributed by atoms with van der Waals surface area (Å²) in [5, 5.41) is 7.12. The van der Waals surface area contributed by atoms with Crippen molar-refractivity contribution in [2.75, 3.05) is 26.2 Å². The van der Waals surface area contributed by atoms with Crippen LogP contribution in [-0.2, 0) is 16.1 Å². The fourth-order valence-electron chi connectivity index (χ4n) is 4.02. The van der Waals surface area contributed by atoms with Crippen LogP contribution in [0.25, 0.3) is 0 Å². The summed E-state index contributed by atoms with van der Waals surface area (Å²) in [6.45, 7) is 5.48. The Morgan fingerprint density at radius 3 is 2.88 bits per heavy atom. The van der Waals surface area contributed by atoms with Gasteiger partial charge in [0, 0.05) is 44.6 Å². The predicted octanol–water partition coefficient (Wildman–Crippen LogP) is 0.865. The molecule has 138 valence electrons. The van der Waals surface area contributed by atoms with Crippen molar-refractivity contribution in [1.82, 2.24) is 24.9 Å². The third-order valence-corrected chi connectivity index (χ3v) is 5.43. The second-order valence-corrected chi connectivity index (χ2v) is 6.93. The highest BCUT2D eigenvalue weighted by Crippen LogP contribution is 2.27. The van der Waals surface area contributed by atoms with Crippen LogP contribution in [0.3, 0.4) is 0 Å². The molecule has 1 aromatic heterocycles. The molecule has 1 saturated heterocycles. The molecule has 7 heteroatoms. The van der Waals surface area contributed by atoms with Crippen molar-refractivity contribution in [2.24, 2.45) is 0 Å². The molecule has 7 nitrogen and oxygen atoms in total. The third kappa shape index (κ3) is 4.39. The van der Waals surface area contributed by atoms with Crippen molar-refractivity contribution in [1.29, 1.82) is 0 Å². The van der Waals surface area contributed by atoms with E-state index < -0.39 is 0 Å². The monoisotopic (exact) mass is 347 g/mol. The zero-order valence-corrected chi connectivity index (χ0v) is 15.1. The van der Waals surface area contributed by atoms with Gasteiger partial charge in [0.25, 0.3) is 0 Å². The quantitative estimate of drug-likeness (QED) is 0.794. The smallest absolute Gasteiger partial charge is 0.237 e. The lowest BCUT2D eigenvalue weighted by Gasteiger charge is -2.39. The summed E-state index contributed by atoms with van der Waals surface area (Å²) in [4.78, 5) is 29.3. The largest absolute Gasteiger partial charge is 0.353 e. The summed E-state index contributed by atoms with van der Waals surface area (Å²) in [5.41, 5.74) is 0. The summed E-state index contributed by atoms with van der Waals surface area (Å²) >= 11 is 0. The van der Waals surface area contributed by atoms with Gasteiger partial charge in [-0.15, -0.1) is 0 Å². The number of aromatic nitrogens is 2. The van der Waals surface area contributed by atoms with Gasteiger partial charge >= 0.3 is 0 Å². The molecule has 1 aliphatic heterocycles. The van der Waals surface area contributed by atoms with Crippen LogP contribution in [-0.4, -0.2) is 69.7 Å². The van der Waals surface area contributed by atoms with Crippen LogP contribution in [0.5, 0.6) is 0 Å². The SMILES string of the molecule is CCN(CCn1cccn1)C(=O)CC1C(=O)NCCN1C1CCCC1. The number of hydrogen-bond acceptors (Lipinski definition) is 4. The Balaban J connectivity index is 1.60. The van der Waals surface area contributed by atoms with Crippen LogP contribution in [0.1, 0.15) is 39.0 Å². The van der Waals surface area contributed by atoms with Gasteiger partial charge in [0.1, 0.15) is 0 Å². The molecule has 0 aromatic carbocycles. The number of nitrogens with one attached hydrogen (secondary N) is 1. The first-order valence-corrected chi connectivity index (χ1v) is 9.47. The molecule has 0 radical (unpaired) electrons. The van der Waals surface area contributed by atoms with Gasteiger partial charge < -0.3 is 10.2 Å². The molecule has 3 rings (SSSR count). The zero-order valence-electron chi connectivity index (χ0n) is 15.1. The van der Waals surface area contributed by atoms with Crippen molar-refractivity contribution in [3.8, 4) is 0 Å². The fraction of sp³-hybridized carbons (Fsp3) is 0.722. The molecule has 1 aliphatic carbocycles. The summed E-state index contributed by atoms with van der Waals surface area (Å²) in [5.74, 6) is 0.0642. The van der Waals surface area contributed by atoms with E-state index in [0.29, 0.717) is 32.2 Å². The van der Waals surface area contributed by atoms with Gasteiger partial charge in [-0.2, -0.15) is 5.10 Å². The molecule has 2 heterocycles. The molecule has 1 aromatic rings. The van der Waals surface area contributed by atoms with Crippen LogP contribution in [0.2, 0.25) is 0 Å². The second kappa shape index (κ2) is 8.47. The lowest BCUT2D eigenvalue weighted by molar-refractivity contribution is -0.139. The molecule has 1 N–H and O–H groups in total. The molecule has 1 atom stereocenters. The zero-order chi connectivity index (χ0) is 17.6. The van der Waals surface area contributed by atoms with E-state index in [0.717, 1.165) is 19.4 Å². The second-order valence-electron chi connectivity index (χ2n) is 6.93. The van der Waals surface area contributed by atoms with E-state index in [9.17, 15) is 9.59 Å². The van der Waals surface area contributed by atoms with Gasteiger partial charge in [-0.1, -0.05) is 12.8 Å². The van der Waals surface area contributed by atoms with Gasteiger partial charge in [-0.3, -0.25) is 19.2 Å². The highest BCUT2D eigenvalue weighted by Gasteiger charge is 2.37. The van der Waals surface area contributed by atoms with Crippen molar-refractivity contribution >= 4 is 11.8 Å². The minimum absolute atomic E-state index is 0.00892. The predicted molar refractivity (Wildman–Crippen MR) is 94.9 cm³/mol. The average molecular weight is 347 g/mol. The lowest BCUT2D eigenvalue weighted by atomic mass is 10.0. The molecule has 0 spiro atoms. The minimum atomic E-state index is -0.317. The van der Waals surface area contributed by atoms with Gasteiger partial charge in [-0.25, -0.2) is 0 Å². The summed E-state index contributed by atoms with van der Waals surface area (Å²) < 4.78 is 1.83. The van der Waals surface area contributed by atoms with Gasteiger partial charge in [0.15, 0.2) is 0 Å². The van der Waals surface area contributed by atoms with Crippen LogP contribution < -0.4 is 5.32 Å². The topological polar surface area (TPSA) is 70.5 Å². The maximum Gasteiger partial charge on any atom is 0.237 e. The van der Waals surface area contributed by atoms with Crippen molar-refractivity contribution < 1.29 is 9.59 Å². The summed E-state index contributed by atoms with van der Waals surface area (Å²) in [6.07, 6.45) is 8.67. The number of carbonyl (C=O) groups is 2. The summed E-state index contributed by atoms with van der Waals surface area (Å²) in [7, 11) is 0. The van der Waals surface area contributed by atoms with Gasteiger partial charge in [0.05, 0.1) is 19.0 Å². The Morgan fingerprint density at radius 2 is 2.20 bits per heavy atom. The highest BCUT2D eigenvalue weighted by atomic mass is 16.2. The molecule has 1 saturated carbocycles. The maximum absolute atomic E-state index is 12.8. The van der Waals surface area contributed by atoms with Crippen molar-refractivity contribution in [3.05, 3.63) is 18.5 Å². The number of piperazine rings is 1. The Hall–Kier alpha value is -1.89. The van der Waals surface area contributed by atoms with E-state index in [-0.39, 0.29) is 24.3 Å². The molecular formula is C18H29N5O2. The average Bonchev–Trinajstić information content (AvgIpc) is 3.30. The Labute approximate surface area is 149 Å². The fourth-order valence-corrected chi connectivity index (χ4v) is 4.02. The molecule has 2 aliphatic rings. The van der Waals surface area contributed by atoms with E-state index in [2.05, 4.69) is 15.3 Å². The van der Waals surface area contributed by atoms with Crippen LogP contribution in [0.15, 0.2) is 18.5 Å². The number of carbonyl (C=O) groups excluding carboxylic acids is 2. The number of nitrogens with zero attached hydrogens (tertiary/aromatic N) is 4. The standard InChI is InChI=1S/C18H29N5O2/c1-2-21(12-13-22-10-5-8-20-22)17(24)14-16-18(25)19-9-11-23(16)15-6-3-4-7-15/h5,8,10,15-16H,2-4,6-7,9,11-14H2,1H3,(H,19,25). The minimum Gasteiger partial charge on any atom is -0.353 e. The van der Waals surface area contributed by atoms with Crippen molar-refractivity contribution in [3.63, 3.8) is 0 Å². The van der Waals surface area contributed by atoms with E-state index in [1.165, 1.54) is 12.8 Å². The Morgan fingerprint density at radius 1 is 1.40 bits per heavy atom. The molecule has 25 heavy (non-hydrogen) atoms. The first-order valence-electron chi connectivity index (χ1n) is 9.47. The van der Waals surface area contributed by atoms with Crippen molar-refractivity contribution in [2.45, 2.75) is 57.7 Å². The van der Waals surface area contributed by atoms with E-state index in [4.69, 9.17) is 0 Å².